The summed E-state index contributed by atoms with van der Waals surface area (Å²) in [4.78, 5) is 12.3. The first-order valence-corrected chi connectivity index (χ1v) is 6.19. The van der Waals surface area contributed by atoms with E-state index in [1.54, 1.807) is 30.1 Å². The maximum absolute atomic E-state index is 13.9. The Hall–Kier alpha value is -1.87. The standard InChI is InChI=1S/C15H13ClFNO/c1-18(9-12-4-2-3-5-13(12)16)15-7-6-11(10-19)8-14(15)17/h2-8,10H,9H2,1H3. The van der Waals surface area contributed by atoms with E-state index < -0.39 is 5.82 Å². The van der Waals surface area contributed by atoms with E-state index in [4.69, 9.17) is 11.6 Å². The molecule has 2 nitrogen and oxygen atoms in total. The molecule has 0 atom stereocenters. The van der Waals surface area contributed by atoms with Crippen molar-refractivity contribution in [3.63, 3.8) is 0 Å². The highest BCUT2D eigenvalue weighted by Crippen LogP contribution is 2.23. The van der Waals surface area contributed by atoms with Crippen LogP contribution in [0.1, 0.15) is 15.9 Å². The summed E-state index contributed by atoms with van der Waals surface area (Å²) in [6.45, 7) is 0.497. The molecule has 0 aliphatic carbocycles. The van der Waals surface area contributed by atoms with Crippen LogP contribution in [0.2, 0.25) is 5.02 Å². The van der Waals surface area contributed by atoms with Crippen LogP contribution in [0.25, 0.3) is 0 Å². The third kappa shape index (κ3) is 3.12. The Balaban J connectivity index is 2.23. The van der Waals surface area contributed by atoms with Gasteiger partial charge in [0.2, 0.25) is 0 Å². The molecule has 0 unspecified atom stereocenters. The maximum atomic E-state index is 13.9. The van der Waals surface area contributed by atoms with Gasteiger partial charge in [0.15, 0.2) is 0 Å². The number of rotatable bonds is 4. The van der Waals surface area contributed by atoms with E-state index in [1.165, 1.54) is 6.07 Å². The Labute approximate surface area is 116 Å². The van der Waals surface area contributed by atoms with Gasteiger partial charge in [0, 0.05) is 24.2 Å². The average molecular weight is 278 g/mol. The SMILES string of the molecule is CN(Cc1ccccc1Cl)c1ccc(C=O)cc1F. The zero-order valence-electron chi connectivity index (χ0n) is 10.4. The molecule has 0 amide bonds. The highest BCUT2D eigenvalue weighted by molar-refractivity contribution is 6.31. The third-order valence-electron chi connectivity index (χ3n) is 2.88. The number of hydrogen-bond donors (Lipinski definition) is 0. The predicted molar refractivity (Wildman–Crippen MR) is 75.3 cm³/mol. The van der Waals surface area contributed by atoms with E-state index in [2.05, 4.69) is 0 Å². The van der Waals surface area contributed by atoms with Gasteiger partial charge in [-0.1, -0.05) is 29.8 Å². The molecule has 0 aromatic heterocycles. The lowest BCUT2D eigenvalue weighted by Gasteiger charge is -2.20. The minimum absolute atomic E-state index is 0.326. The largest absolute Gasteiger partial charge is 0.368 e. The molecule has 2 rings (SSSR count). The van der Waals surface area contributed by atoms with Gasteiger partial charge in [-0.25, -0.2) is 4.39 Å². The van der Waals surface area contributed by atoms with E-state index >= 15 is 0 Å². The van der Waals surface area contributed by atoms with Crippen LogP contribution in [0.15, 0.2) is 42.5 Å². The Kier molecular flexibility index (Phi) is 4.17. The number of carbonyl (C=O) groups is 1. The summed E-state index contributed by atoms with van der Waals surface area (Å²) in [6, 6.07) is 11.9. The third-order valence-corrected chi connectivity index (χ3v) is 3.25. The van der Waals surface area contributed by atoms with Crippen LogP contribution >= 0.6 is 11.6 Å². The van der Waals surface area contributed by atoms with Crippen LogP contribution in [-0.4, -0.2) is 13.3 Å². The molecule has 4 heteroatoms. The fraction of sp³-hybridized carbons (Fsp3) is 0.133. The van der Waals surface area contributed by atoms with E-state index in [1.807, 2.05) is 18.2 Å². The molecule has 2 aromatic rings. The number of hydrogen-bond acceptors (Lipinski definition) is 2. The van der Waals surface area contributed by atoms with Crippen molar-refractivity contribution in [3.05, 3.63) is 64.4 Å². The molecule has 0 bridgehead atoms. The van der Waals surface area contributed by atoms with Crippen molar-refractivity contribution < 1.29 is 9.18 Å². The summed E-state index contributed by atoms with van der Waals surface area (Å²) < 4.78 is 13.9. The summed E-state index contributed by atoms with van der Waals surface area (Å²) in [5, 5.41) is 0.652. The molecule has 0 heterocycles. The van der Waals surface area contributed by atoms with Crippen LogP contribution in [0.3, 0.4) is 0 Å². The monoisotopic (exact) mass is 277 g/mol. The molecule has 19 heavy (non-hydrogen) atoms. The molecule has 0 fully saturated rings. The number of aldehydes is 1. The van der Waals surface area contributed by atoms with Crippen molar-refractivity contribution in [2.75, 3.05) is 11.9 Å². The molecular weight excluding hydrogens is 265 g/mol. The molecule has 0 spiro atoms. The van der Waals surface area contributed by atoms with Gasteiger partial charge in [-0.3, -0.25) is 4.79 Å². The van der Waals surface area contributed by atoms with E-state index in [-0.39, 0.29) is 0 Å². The first kappa shape index (κ1) is 13.6. The second-order valence-corrected chi connectivity index (χ2v) is 4.68. The van der Waals surface area contributed by atoms with Gasteiger partial charge in [0.05, 0.1) is 5.69 Å². The van der Waals surface area contributed by atoms with Gasteiger partial charge < -0.3 is 4.90 Å². The minimum Gasteiger partial charge on any atom is -0.368 e. The van der Waals surface area contributed by atoms with Crippen molar-refractivity contribution in [3.8, 4) is 0 Å². The smallest absolute Gasteiger partial charge is 0.150 e. The van der Waals surface area contributed by atoms with Gasteiger partial charge in [0.25, 0.3) is 0 Å². The maximum Gasteiger partial charge on any atom is 0.150 e. The molecule has 2 aromatic carbocycles. The minimum atomic E-state index is -0.417. The molecule has 0 saturated carbocycles. The molecular formula is C15H13ClFNO. The van der Waals surface area contributed by atoms with Crippen LogP contribution in [0.5, 0.6) is 0 Å². The average Bonchev–Trinajstić information content (AvgIpc) is 2.41. The van der Waals surface area contributed by atoms with Crippen LogP contribution in [0, 0.1) is 5.82 Å². The first-order chi connectivity index (χ1) is 9.11. The summed E-state index contributed by atoms with van der Waals surface area (Å²) >= 11 is 6.08. The lowest BCUT2D eigenvalue weighted by atomic mass is 10.1. The molecule has 0 aliphatic rings. The van der Waals surface area contributed by atoms with Gasteiger partial charge >= 0.3 is 0 Å². The van der Waals surface area contributed by atoms with Crippen molar-refractivity contribution in [2.24, 2.45) is 0 Å². The second-order valence-electron chi connectivity index (χ2n) is 4.28. The van der Waals surface area contributed by atoms with Crippen molar-refractivity contribution >= 4 is 23.6 Å². The molecule has 98 valence electrons. The number of benzene rings is 2. The lowest BCUT2D eigenvalue weighted by Crippen LogP contribution is -2.18. The number of anilines is 1. The zero-order valence-corrected chi connectivity index (χ0v) is 11.2. The Morgan fingerprint density at radius 3 is 2.63 bits per heavy atom. The van der Waals surface area contributed by atoms with Crippen molar-refractivity contribution in [2.45, 2.75) is 6.54 Å². The normalized spacial score (nSPS) is 10.3. The summed E-state index contributed by atoms with van der Waals surface area (Å²) in [7, 11) is 1.78. The van der Waals surface area contributed by atoms with Gasteiger partial charge in [-0.15, -0.1) is 0 Å². The Bertz CT molecular complexity index is 600. The summed E-state index contributed by atoms with van der Waals surface area (Å²) in [6.07, 6.45) is 0.626. The van der Waals surface area contributed by atoms with Crippen molar-refractivity contribution in [1.82, 2.24) is 0 Å². The molecule has 0 radical (unpaired) electrons. The van der Waals surface area contributed by atoms with Gasteiger partial charge in [0.1, 0.15) is 12.1 Å². The number of carbonyl (C=O) groups excluding carboxylic acids is 1. The van der Waals surface area contributed by atoms with Crippen LogP contribution in [0.4, 0.5) is 10.1 Å². The quantitative estimate of drug-likeness (QED) is 0.789. The topological polar surface area (TPSA) is 20.3 Å². The second kappa shape index (κ2) is 5.85. The van der Waals surface area contributed by atoms with Crippen LogP contribution < -0.4 is 4.90 Å². The van der Waals surface area contributed by atoms with Gasteiger partial charge in [-0.2, -0.15) is 0 Å². The molecule has 0 aliphatic heterocycles. The van der Waals surface area contributed by atoms with E-state index in [0.717, 1.165) is 5.56 Å². The Morgan fingerprint density at radius 1 is 1.26 bits per heavy atom. The lowest BCUT2D eigenvalue weighted by molar-refractivity contribution is 0.112. The van der Waals surface area contributed by atoms with Crippen LogP contribution in [-0.2, 0) is 6.54 Å². The Morgan fingerprint density at radius 2 is 2.00 bits per heavy atom. The first-order valence-electron chi connectivity index (χ1n) is 5.81. The van der Waals surface area contributed by atoms with E-state index in [0.29, 0.717) is 29.1 Å². The zero-order chi connectivity index (χ0) is 13.8. The fourth-order valence-electron chi connectivity index (χ4n) is 1.87. The molecule has 0 saturated heterocycles. The van der Waals surface area contributed by atoms with E-state index in [9.17, 15) is 9.18 Å². The summed E-state index contributed by atoms with van der Waals surface area (Å²) in [5.74, 6) is -0.417. The summed E-state index contributed by atoms with van der Waals surface area (Å²) in [5.41, 5.74) is 1.68. The number of nitrogens with zero attached hydrogens (tertiary/aromatic N) is 1. The predicted octanol–water partition coefficient (Wildman–Crippen LogP) is 3.93. The highest BCUT2D eigenvalue weighted by Gasteiger charge is 2.10. The van der Waals surface area contributed by atoms with Crippen molar-refractivity contribution in [1.29, 1.82) is 0 Å². The fourth-order valence-corrected chi connectivity index (χ4v) is 2.07. The molecule has 0 N–H and O–H groups in total. The highest BCUT2D eigenvalue weighted by atomic mass is 35.5. The number of halogens is 2. The van der Waals surface area contributed by atoms with Gasteiger partial charge in [-0.05, 0) is 29.8 Å².